The van der Waals surface area contributed by atoms with Crippen molar-refractivity contribution in [3.63, 3.8) is 0 Å². The average molecular weight is 532 g/mol. The van der Waals surface area contributed by atoms with E-state index in [1.165, 1.54) is 6.92 Å². The van der Waals surface area contributed by atoms with Gasteiger partial charge in [0.15, 0.2) is 0 Å². The number of methoxy groups -OCH3 is 1. The summed E-state index contributed by atoms with van der Waals surface area (Å²) in [6, 6.07) is 9.15. The van der Waals surface area contributed by atoms with E-state index in [1.54, 1.807) is 31.5 Å². The summed E-state index contributed by atoms with van der Waals surface area (Å²) in [4.78, 5) is 16.1. The number of hydrogen-bond acceptors (Lipinski definition) is 5. The highest BCUT2D eigenvalue weighted by molar-refractivity contribution is 5.93. The summed E-state index contributed by atoms with van der Waals surface area (Å²) in [6.07, 6.45) is -3.32. The van der Waals surface area contributed by atoms with Crippen molar-refractivity contribution in [2.45, 2.75) is 65.3 Å². The number of pyridine rings is 1. The highest BCUT2D eigenvalue weighted by Gasteiger charge is 2.34. The molecule has 0 amide bonds. The standard InChI is InChI=1S/C29H36F3N3O3/c1-17(37-5)25-21(7-6-11-34-25)26-23(14-29(3,4)16-38-18(2)36)22-13-19(20-10-12-33-15-20)8-9-24(22)35(26)28(32)27(30)31/h6-9,11,13,17,20,27-28,33H,10,12,14-16H2,1-5H3/t17-,20?,28?/m0/s1. The molecule has 3 aromatic rings. The van der Waals surface area contributed by atoms with Crippen molar-refractivity contribution >= 4 is 16.9 Å². The number of fused-ring (bicyclic) bond motifs is 1. The second kappa shape index (κ2) is 11.5. The number of carbonyl (C=O) groups excluding carboxylic acids is 1. The fraction of sp³-hybridized carbons (Fsp3) is 0.517. The zero-order valence-corrected chi connectivity index (χ0v) is 22.6. The molecule has 0 bridgehead atoms. The molecule has 9 heteroatoms. The van der Waals surface area contributed by atoms with E-state index in [-0.39, 0.29) is 12.5 Å². The average Bonchev–Trinajstić information content (AvgIpc) is 3.53. The highest BCUT2D eigenvalue weighted by Crippen LogP contribution is 2.44. The zero-order valence-electron chi connectivity index (χ0n) is 22.6. The molecular weight excluding hydrogens is 495 g/mol. The van der Waals surface area contributed by atoms with Crippen LogP contribution in [0.4, 0.5) is 13.2 Å². The van der Waals surface area contributed by atoms with Crippen molar-refractivity contribution in [2.24, 2.45) is 5.41 Å². The van der Waals surface area contributed by atoms with E-state index < -0.39 is 30.2 Å². The maximum atomic E-state index is 15.5. The number of nitrogens with zero attached hydrogens (tertiary/aromatic N) is 2. The summed E-state index contributed by atoms with van der Waals surface area (Å²) in [5.41, 5.74) is 3.03. The van der Waals surface area contributed by atoms with Crippen LogP contribution < -0.4 is 5.32 Å². The number of rotatable bonds is 10. The Balaban J connectivity index is 2.03. The van der Waals surface area contributed by atoms with Gasteiger partial charge in [-0.1, -0.05) is 19.9 Å². The normalized spacial score (nSPS) is 17.8. The van der Waals surface area contributed by atoms with Gasteiger partial charge in [0.05, 0.1) is 29.6 Å². The molecule has 1 saturated heterocycles. The SMILES string of the molecule is CO[C@@H](C)c1ncccc1-c1c(CC(C)(C)COC(C)=O)c2cc(C3CCNC3)ccc2n1C(F)C(F)F. The Kier molecular flexibility index (Phi) is 8.47. The Morgan fingerprint density at radius 2 is 2.03 bits per heavy atom. The minimum absolute atomic E-state index is 0.128. The lowest BCUT2D eigenvalue weighted by atomic mass is 9.84. The molecule has 2 aromatic heterocycles. The van der Waals surface area contributed by atoms with Crippen LogP contribution in [0.5, 0.6) is 0 Å². The van der Waals surface area contributed by atoms with E-state index in [9.17, 15) is 13.6 Å². The minimum Gasteiger partial charge on any atom is -0.465 e. The van der Waals surface area contributed by atoms with Crippen LogP contribution in [0.3, 0.4) is 0 Å². The topological polar surface area (TPSA) is 65.4 Å². The first-order chi connectivity index (χ1) is 18.0. The van der Waals surface area contributed by atoms with Gasteiger partial charge >= 0.3 is 5.97 Å². The molecule has 4 rings (SSSR count). The number of hydrogen-bond donors (Lipinski definition) is 1. The van der Waals surface area contributed by atoms with E-state index in [0.29, 0.717) is 39.8 Å². The Bertz CT molecular complexity index is 1280. The molecule has 0 saturated carbocycles. The van der Waals surface area contributed by atoms with Gasteiger partial charge < -0.3 is 19.4 Å². The molecule has 1 aliphatic rings. The number of ether oxygens (including phenoxy) is 2. The lowest BCUT2D eigenvalue weighted by molar-refractivity contribution is -0.143. The van der Waals surface area contributed by atoms with Crippen molar-refractivity contribution in [1.82, 2.24) is 14.9 Å². The third-order valence-corrected chi connectivity index (χ3v) is 7.27. The first-order valence-electron chi connectivity index (χ1n) is 12.9. The number of carbonyl (C=O) groups is 1. The van der Waals surface area contributed by atoms with Crippen LogP contribution >= 0.6 is 0 Å². The predicted molar refractivity (Wildman–Crippen MR) is 141 cm³/mol. The first-order valence-corrected chi connectivity index (χ1v) is 12.9. The van der Waals surface area contributed by atoms with Crippen molar-refractivity contribution < 1.29 is 27.4 Å². The lowest BCUT2D eigenvalue weighted by Gasteiger charge is -2.26. The molecule has 1 fully saturated rings. The van der Waals surface area contributed by atoms with Crippen molar-refractivity contribution in [3.05, 3.63) is 53.3 Å². The van der Waals surface area contributed by atoms with E-state index in [2.05, 4.69) is 10.3 Å². The predicted octanol–water partition coefficient (Wildman–Crippen LogP) is 6.35. The van der Waals surface area contributed by atoms with E-state index in [0.717, 1.165) is 29.6 Å². The molecule has 1 aliphatic heterocycles. The Morgan fingerprint density at radius 1 is 1.26 bits per heavy atom. The van der Waals surface area contributed by atoms with Crippen molar-refractivity contribution in [2.75, 3.05) is 26.8 Å². The smallest absolute Gasteiger partial charge is 0.302 e. The molecular formula is C29H36F3N3O3. The molecule has 6 nitrogen and oxygen atoms in total. The van der Waals surface area contributed by atoms with E-state index >= 15 is 4.39 Å². The summed E-state index contributed by atoms with van der Waals surface area (Å²) >= 11 is 0. The Morgan fingerprint density at radius 3 is 2.66 bits per heavy atom. The Labute approximate surface area is 221 Å². The highest BCUT2D eigenvalue weighted by atomic mass is 19.3. The summed E-state index contributed by atoms with van der Waals surface area (Å²) in [5, 5.41) is 4.08. The van der Waals surface area contributed by atoms with Crippen molar-refractivity contribution in [3.8, 4) is 11.3 Å². The summed E-state index contributed by atoms with van der Waals surface area (Å²) in [6.45, 7) is 8.90. The van der Waals surface area contributed by atoms with Gasteiger partial charge in [-0.15, -0.1) is 0 Å². The molecule has 3 atom stereocenters. The van der Waals surface area contributed by atoms with Crippen LogP contribution in [-0.2, 0) is 20.7 Å². The summed E-state index contributed by atoms with van der Waals surface area (Å²) < 4.78 is 55.6. The molecule has 206 valence electrons. The molecule has 0 aliphatic carbocycles. The third-order valence-electron chi connectivity index (χ3n) is 7.27. The van der Waals surface area contributed by atoms with Gasteiger partial charge in [0, 0.05) is 43.1 Å². The van der Waals surface area contributed by atoms with Crippen LogP contribution in [0.25, 0.3) is 22.2 Å². The maximum Gasteiger partial charge on any atom is 0.302 e. The third kappa shape index (κ3) is 5.73. The van der Waals surface area contributed by atoms with Crippen LogP contribution in [0.1, 0.15) is 69.3 Å². The van der Waals surface area contributed by atoms with Crippen LogP contribution in [0.15, 0.2) is 36.5 Å². The minimum atomic E-state index is -3.23. The summed E-state index contributed by atoms with van der Waals surface area (Å²) in [5.74, 6) is -0.117. The molecule has 3 heterocycles. The molecule has 1 N–H and O–H groups in total. The lowest BCUT2D eigenvalue weighted by Crippen LogP contribution is -2.24. The molecule has 1 aromatic carbocycles. The van der Waals surface area contributed by atoms with Crippen LogP contribution in [0, 0.1) is 5.41 Å². The fourth-order valence-electron chi connectivity index (χ4n) is 5.31. The van der Waals surface area contributed by atoms with E-state index in [4.69, 9.17) is 9.47 Å². The monoisotopic (exact) mass is 531 g/mol. The zero-order chi connectivity index (χ0) is 27.6. The van der Waals surface area contributed by atoms with Crippen LogP contribution in [-0.4, -0.2) is 48.8 Å². The maximum absolute atomic E-state index is 15.5. The van der Waals surface area contributed by atoms with Gasteiger partial charge in [-0.05, 0) is 67.6 Å². The number of halogens is 3. The Hall–Kier alpha value is -2.91. The molecule has 0 spiro atoms. The van der Waals surface area contributed by atoms with Crippen molar-refractivity contribution in [1.29, 1.82) is 0 Å². The number of esters is 1. The molecule has 38 heavy (non-hydrogen) atoms. The molecule has 0 radical (unpaired) electrons. The second-order valence-corrected chi connectivity index (χ2v) is 10.8. The van der Waals surface area contributed by atoms with Crippen LogP contribution in [0.2, 0.25) is 0 Å². The largest absolute Gasteiger partial charge is 0.465 e. The molecule has 2 unspecified atom stereocenters. The number of benzene rings is 1. The van der Waals surface area contributed by atoms with Gasteiger partial charge in [-0.25, -0.2) is 13.2 Å². The number of aromatic nitrogens is 2. The quantitative estimate of drug-likeness (QED) is 0.309. The number of alkyl halides is 3. The second-order valence-electron chi connectivity index (χ2n) is 10.8. The van der Waals surface area contributed by atoms with Gasteiger partial charge in [-0.2, -0.15) is 0 Å². The fourth-order valence-corrected chi connectivity index (χ4v) is 5.31. The van der Waals surface area contributed by atoms with Gasteiger partial charge in [-0.3, -0.25) is 9.78 Å². The number of nitrogens with one attached hydrogen (secondary N) is 1. The van der Waals surface area contributed by atoms with Gasteiger partial charge in [0.2, 0.25) is 6.30 Å². The van der Waals surface area contributed by atoms with Gasteiger partial charge in [0.25, 0.3) is 6.43 Å². The van der Waals surface area contributed by atoms with E-state index in [1.807, 2.05) is 32.9 Å². The first kappa shape index (κ1) is 28.1. The summed E-state index contributed by atoms with van der Waals surface area (Å²) in [7, 11) is 1.54. The van der Waals surface area contributed by atoms with Gasteiger partial charge in [0.1, 0.15) is 0 Å².